The Morgan fingerprint density at radius 1 is 1.09 bits per heavy atom. The van der Waals surface area contributed by atoms with Gasteiger partial charge in [0.1, 0.15) is 5.75 Å². The molecule has 0 unspecified atom stereocenters. The first-order chi connectivity index (χ1) is 11.0. The molecule has 0 aromatic heterocycles. The molecule has 120 valence electrons. The zero-order chi connectivity index (χ0) is 16.7. The predicted molar refractivity (Wildman–Crippen MR) is 92.4 cm³/mol. The third kappa shape index (κ3) is 5.87. The molecule has 0 radical (unpaired) electrons. The van der Waals surface area contributed by atoms with Crippen molar-refractivity contribution in [2.45, 2.75) is 19.4 Å². The number of hydrogen-bond donors (Lipinski definition) is 1. The normalized spacial score (nSPS) is 11.6. The van der Waals surface area contributed by atoms with Crippen LogP contribution in [0, 0.1) is 0 Å². The molecule has 5 heteroatoms. The van der Waals surface area contributed by atoms with Crippen molar-refractivity contribution in [2.24, 2.45) is 0 Å². The van der Waals surface area contributed by atoms with Crippen LogP contribution in [0.2, 0.25) is 0 Å². The van der Waals surface area contributed by atoms with Crippen LogP contribution in [0.4, 0.5) is 0 Å². The fourth-order valence-electron chi connectivity index (χ4n) is 2.06. The van der Waals surface area contributed by atoms with Gasteiger partial charge in [-0.25, -0.2) is 0 Å². The monoisotopic (exact) mass is 375 g/mol. The molecule has 0 saturated carbocycles. The van der Waals surface area contributed by atoms with Crippen molar-refractivity contribution in [3.8, 4) is 5.75 Å². The van der Waals surface area contributed by atoms with E-state index in [0.717, 1.165) is 10.0 Å². The van der Waals surface area contributed by atoms with Crippen LogP contribution < -0.4 is 10.1 Å². The van der Waals surface area contributed by atoms with Gasteiger partial charge in [-0.1, -0.05) is 46.3 Å². The van der Waals surface area contributed by atoms with Crippen LogP contribution in [0.15, 0.2) is 59.1 Å². The number of carbonyl (C=O) groups is 2. The summed E-state index contributed by atoms with van der Waals surface area (Å²) in [6.07, 6.45) is 0.472. The highest BCUT2D eigenvalue weighted by Crippen LogP contribution is 2.15. The molecule has 0 heterocycles. The highest BCUT2D eigenvalue weighted by atomic mass is 79.9. The zero-order valence-electron chi connectivity index (χ0n) is 12.8. The number of benzene rings is 2. The van der Waals surface area contributed by atoms with E-state index < -0.39 is 6.04 Å². The van der Waals surface area contributed by atoms with Gasteiger partial charge in [0.25, 0.3) is 5.91 Å². The third-order valence-electron chi connectivity index (χ3n) is 3.29. The average Bonchev–Trinajstić information content (AvgIpc) is 2.54. The number of carbonyl (C=O) groups excluding carboxylic acids is 2. The predicted octanol–water partition coefficient (Wildman–Crippen LogP) is 3.14. The van der Waals surface area contributed by atoms with Crippen molar-refractivity contribution in [3.63, 3.8) is 0 Å². The molecule has 2 aromatic rings. The molecule has 0 spiro atoms. The van der Waals surface area contributed by atoms with E-state index in [1.54, 1.807) is 12.1 Å². The van der Waals surface area contributed by atoms with Gasteiger partial charge in [0, 0.05) is 4.47 Å². The Hall–Kier alpha value is -2.14. The van der Waals surface area contributed by atoms with E-state index in [1.807, 2.05) is 42.5 Å². The van der Waals surface area contributed by atoms with Gasteiger partial charge in [0.15, 0.2) is 12.4 Å². The SMILES string of the molecule is CC(=O)[C@@H](Cc1ccccc1)NC(=O)COc1ccc(Br)cc1. The van der Waals surface area contributed by atoms with Crippen molar-refractivity contribution in [2.75, 3.05) is 6.61 Å². The topological polar surface area (TPSA) is 55.4 Å². The fourth-order valence-corrected chi connectivity index (χ4v) is 2.33. The lowest BCUT2D eigenvalue weighted by Crippen LogP contribution is -2.43. The van der Waals surface area contributed by atoms with E-state index in [-0.39, 0.29) is 18.3 Å². The summed E-state index contributed by atoms with van der Waals surface area (Å²) in [7, 11) is 0. The number of halogens is 1. The quantitative estimate of drug-likeness (QED) is 0.808. The number of nitrogens with one attached hydrogen (secondary N) is 1. The number of Topliss-reactive ketones (excluding diaryl/α,β-unsaturated/α-hetero) is 1. The minimum Gasteiger partial charge on any atom is -0.484 e. The Morgan fingerprint density at radius 3 is 2.35 bits per heavy atom. The van der Waals surface area contributed by atoms with Crippen LogP contribution >= 0.6 is 15.9 Å². The smallest absolute Gasteiger partial charge is 0.258 e. The Bertz CT molecular complexity index is 656. The number of amides is 1. The minimum atomic E-state index is -0.543. The van der Waals surface area contributed by atoms with Gasteiger partial charge in [0.2, 0.25) is 0 Å². The lowest BCUT2D eigenvalue weighted by molar-refractivity contribution is -0.128. The maximum absolute atomic E-state index is 12.0. The fraction of sp³-hybridized carbons (Fsp3) is 0.222. The average molecular weight is 376 g/mol. The summed E-state index contributed by atoms with van der Waals surface area (Å²) in [6.45, 7) is 1.35. The molecule has 1 atom stereocenters. The molecule has 0 aliphatic heterocycles. The van der Waals surface area contributed by atoms with E-state index in [9.17, 15) is 9.59 Å². The van der Waals surface area contributed by atoms with Gasteiger partial charge in [0.05, 0.1) is 6.04 Å². The highest BCUT2D eigenvalue weighted by molar-refractivity contribution is 9.10. The van der Waals surface area contributed by atoms with Crippen molar-refractivity contribution in [3.05, 3.63) is 64.6 Å². The van der Waals surface area contributed by atoms with E-state index in [0.29, 0.717) is 12.2 Å². The molecule has 0 aliphatic carbocycles. The van der Waals surface area contributed by atoms with Crippen LogP contribution in [0.3, 0.4) is 0 Å². The zero-order valence-corrected chi connectivity index (χ0v) is 14.4. The van der Waals surface area contributed by atoms with Crippen LogP contribution in [0.5, 0.6) is 5.75 Å². The molecule has 0 saturated heterocycles. The molecular weight excluding hydrogens is 358 g/mol. The van der Waals surface area contributed by atoms with E-state index in [1.165, 1.54) is 6.92 Å². The van der Waals surface area contributed by atoms with Crippen LogP contribution in [-0.4, -0.2) is 24.3 Å². The summed E-state index contributed by atoms with van der Waals surface area (Å²) in [6, 6.07) is 16.3. The summed E-state index contributed by atoms with van der Waals surface area (Å²) in [5, 5.41) is 2.72. The van der Waals surface area contributed by atoms with Gasteiger partial charge in [-0.15, -0.1) is 0 Å². The lowest BCUT2D eigenvalue weighted by Gasteiger charge is -2.16. The summed E-state index contributed by atoms with van der Waals surface area (Å²) in [4.78, 5) is 23.7. The second-order valence-corrected chi connectivity index (χ2v) is 6.08. The van der Waals surface area contributed by atoms with E-state index in [4.69, 9.17) is 4.74 Å². The van der Waals surface area contributed by atoms with Gasteiger partial charge < -0.3 is 10.1 Å². The lowest BCUT2D eigenvalue weighted by atomic mass is 10.0. The molecule has 1 amide bonds. The Labute approximate surface area is 144 Å². The first-order valence-electron chi connectivity index (χ1n) is 7.26. The first-order valence-corrected chi connectivity index (χ1v) is 8.06. The van der Waals surface area contributed by atoms with Crippen LogP contribution in [0.25, 0.3) is 0 Å². The van der Waals surface area contributed by atoms with Crippen LogP contribution in [0.1, 0.15) is 12.5 Å². The first kappa shape index (κ1) is 17.2. The Kier molecular flexibility index (Phi) is 6.35. The molecule has 2 rings (SSSR count). The number of rotatable bonds is 7. The summed E-state index contributed by atoms with van der Waals surface area (Å²) in [5.41, 5.74) is 1.00. The highest BCUT2D eigenvalue weighted by Gasteiger charge is 2.17. The summed E-state index contributed by atoms with van der Waals surface area (Å²) < 4.78 is 6.35. The number of ether oxygens (including phenoxy) is 1. The van der Waals surface area contributed by atoms with Gasteiger partial charge in [-0.3, -0.25) is 9.59 Å². The molecular formula is C18H18BrNO3. The largest absolute Gasteiger partial charge is 0.484 e. The van der Waals surface area contributed by atoms with Crippen molar-refractivity contribution >= 4 is 27.6 Å². The van der Waals surface area contributed by atoms with Gasteiger partial charge >= 0.3 is 0 Å². The van der Waals surface area contributed by atoms with Crippen molar-refractivity contribution in [1.82, 2.24) is 5.32 Å². The summed E-state index contributed by atoms with van der Waals surface area (Å²) >= 11 is 3.33. The molecule has 1 N–H and O–H groups in total. The van der Waals surface area contributed by atoms with E-state index in [2.05, 4.69) is 21.2 Å². The molecule has 2 aromatic carbocycles. The van der Waals surface area contributed by atoms with Crippen LogP contribution in [-0.2, 0) is 16.0 Å². The Morgan fingerprint density at radius 2 is 1.74 bits per heavy atom. The molecule has 0 bridgehead atoms. The number of ketones is 1. The van der Waals surface area contributed by atoms with Crippen molar-refractivity contribution < 1.29 is 14.3 Å². The number of hydrogen-bond acceptors (Lipinski definition) is 3. The maximum atomic E-state index is 12.0. The second-order valence-electron chi connectivity index (χ2n) is 5.16. The molecule has 0 aliphatic rings. The van der Waals surface area contributed by atoms with Gasteiger partial charge in [-0.2, -0.15) is 0 Å². The molecule has 4 nitrogen and oxygen atoms in total. The van der Waals surface area contributed by atoms with Crippen molar-refractivity contribution in [1.29, 1.82) is 0 Å². The summed E-state index contributed by atoms with van der Waals surface area (Å²) in [5.74, 6) is 0.209. The molecule has 0 fully saturated rings. The van der Waals surface area contributed by atoms with E-state index >= 15 is 0 Å². The third-order valence-corrected chi connectivity index (χ3v) is 3.82. The minimum absolute atomic E-state index is 0.0779. The maximum Gasteiger partial charge on any atom is 0.258 e. The standard InChI is InChI=1S/C18H18BrNO3/c1-13(21)17(11-14-5-3-2-4-6-14)20-18(22)12-23-16-9-7-15(19)8-10-16/h2-10,17H,11-12H2,1H3,(H,20,22)/t17-/m1/s1. The molecule has 23 heavy (non-hydrogen) atoms. The van der Waals surface area contributed by atoms with Gasteiger partial charge in [-0.05, 0) is 43.2 Å². The second kappa shape index (κ2) is 8.48. The Balaban J connectivity index is 1.88.